The minimum atomic E-state index is -0.484. The molecule has 1 atom stereocenters. The number of benzene rings is 1. The number of nitrogens with one attached hydrogen (secondary N) is 1. The van der Waals surface area contributed by atoms with Gasteiger partial charge in [-0.05, 0) is 25.3 Å². The monoisotopic (exact) mass is 274 g/mol. The van der Waals surface area contributed by atoms with E-state index >= 15 is 0 Å². The lowest BCUT2D eigenvalue weighted by Crippen LogP contribution is -2.28. The first-order valence-electron chi connectivity index (χ1n) is 6.59. The van der Waals surface area contributed by atoms with Gasteiger partial charge in [0.15, 0.2) is 5.78 Å². The Morgan fingerprint density at radius 1 is 1.40 bits per heavy atom. The minimum absolute atomic E-state index is 0.0529. The van der Waals surface area contributed by atoms with Crippen LogP contribution in [0.5, 0.6) is 0 Å². The summed E-state index contributed by atoms with van der Waals surface area (Å²) in [5.41, 5.74) is 0.889. The molecule has 2 aromatic rings. The smallest absolute Gasteiger partial charge is 0.279 e. The van der Waals surface area contributed by atoms with Crippen LogP contribution in [0.4, 0.5) is 5.69 Å². The highest BCUT2D eigenvalue weighted by atomic mass is 16.6. The van der Waals surface area contributed by atoms with Crippen LogP contribution in [0.1, 0.15) is 29.6 Å². The van der Waals surface area contributed by atoms with Crippen molar-refractivity contribution < 1.29 is 14.5 Å². The maximum absolute atomic E-state index is 12.5. The summed E-state index contributed by atoms with van der Waals surface area (Å²) in [6, 6.07) is 4.73. The van der Waals surface area contributed by atoms with E-state index in [-0.39, 0.29) is 11.5 Å². The molecule has 0 aliphatic carbocycles. The first-order chi connectivity index (χ1) is 9.68. The summed E-state index contributed by atoms with van der Waals surface area (Å²) in [7, 11) is 0. The summed E-state index contributed by atoms with van der Waals surface area (Å²) in [5.74, 6) is -0.176. The number of rotatable bonds is 3. The number of nitro groups is 1. The van der Waals surface area contributed by atoms with Crippen molar-refractivity contribution in [3.8, 4) is 0 Å². The Hall–Kier alpha value is -2.21. The number of ether oxygens (including phenoxy) is 1. The van der Waals surface area contributed by atoms with Crippen molar-refractivity contribution in [1.29, 1.82) is 0 Å². The first kappa shape index (κ1) is 12.8. The lowest BCUT2D eigenvalue weighted by molar-refractivity contribution is -0.383. The highest BCUT2D eigenvalue weighted by Crippen LogP contribution is 2.30. The number of aromatic nitrogens is 1. The number of fused-ring (bicyclic) bond motifs is 1. The van der Waals surface area contributed by atoms with E-state index in [1.807, 2.05) is 0 Å². The number of carbonyl (C=O) groups is 1. The normalized spacial score (nSPS) is 19.1. The molecule has 0 bridgehead atoms. The fourth-order valence-corrected chi connectivity index (χ4v) is 2.63. The van der Waals surface area contributed by atoms with Crippen molar-refractivity contribution >= 4 is 22.4 Å². The number of hydrogen-bond donors (Lipinski definition) is 1. The van der Waals surface area contributed by atoms with Gasteiger partial charge in [-0.2, -0.15) is 0 Å². The summed E-state index contributed by atoms with van der Waals surface area (Å²) in [6.07, 6.45) is 3.63. The molecule has 6 nitrogen and oxygen atoms in total. The third kappa shape index (κ3) is 2.08. The second-order valence-corrected chi connectivity index (χ2v) is 4.88. The molecule has 3 rings (SSSR count). The molecule has 1 saturated heterocycles. The highest BCUT2D eigenvalue weighted by molar-refractivity contribution is 6.12. The molecule has 1 unspecified atom stereocenters. The molecule has 0 radical (unpaired) electrons. The van der Waals surface area contributed by atoms with Crippen LogP contribution < -0.4 is 0 Å². The van der Waals surface area contributed by atoms with E-state index in [2.05, 4.69) is 4.98 Å². The van der Waals surface area contributed by atoms with Gasteiger partial charge in [-0.25, -0.2) is 0 Å². The summed E-state index contributed by atoms with van der Waals surface area (Å²) in [5, 5.41) is 11.5. The topological polar surface area (TPSA) is 85.2 Å². The van der Waals surface area contributed by atoms with Crippen LogP contribution in [0, 0.1) is 10.1 Å². The molecule has 0 amide bonds. The van der Waals surface area contributed by atoms with Gasteiger partial charge in [0, 0.05) is 18.9 Å². The van der Waals surface area contributed by atoms with Crippen molar-refractivity contribution in [3.63, 3.8) is 0 Å². The molecular formula is C14H14N2O4. The van der Waals surface area contributed by atoms with Gasteiger partial charge >= 0.3 is 0 Å². The second kappa shape index (κ2) is 5.05. The van der Waals surface area contributed by atoms with Crippen LogP contribution in [0.15, 0.2) is 24.4 Å². The lowest BCUT2D eigenvalue weighted by atomic mass is 9.99. The van der Waals surface area contributed by atoms with Gasteiger partial charge in [-0.1, -0.05) is 6.07 Å². The molecule has 2 heterocycles. The fraction of sp³-hybridized carbons (Fsp3) is 0.357. The zero-order valence-corrected chi connectivity index (χ0v) is 10.8. The zero-order chi connectivity index (χ0) is 14.1. The largest absolute Gasteiger partial charge is 0.370 e. The van der Waals surface area contributed by atoms with Gasteiger partial charge in [0.2, 0.25) is 0 Å². The van der Waals surface area contributed by atoms with Gasteiger partial charge in [-0.15, -0.1) is 0 Å². The number of Topliss-reactive ketones (excluding diaryl/α,β-unsaturated/α-hetero) is 1. The second-order valence-electron chi connectivity index (χ2n) is 4.88. The summed E-state index contributed by atoms with van der Waals surface area (Å²) >= 11 is 0. The third-order valence-corrected chi connectivity index (χ3v) is 3.62. The minimum Gasteiger partial charge on any atom is -0.370 e. The van der Waals surface area contributed by atoms with Gasteiger partial charge in [-0.3, -0.25) is 14.9 Å². The summed E-state index contributed by atoms with van der Waals surface area (Å²) in [6.45, 7) is 0.570. The van der Waals surface area contributed by atoms with Gasteiger partial charge in [0.1, 0.15) is 6.10 Å². The zero-order valence-electron chi connectivity index (χ0n) is 10.8. The van der Waals surface area contributed by atoms with Crippen molar-refractivity contribution in [1.82, 2.24) is 4.98 Å². The molecular weight excluding hydrogens is 260 g/mol. The number of carbonyl (C=O) groups excluding carboxylic acids is 1. The molecule has 1 aromatic heterocycles. The average Bonchev–Trinajstić information content (AvgIpc) is 2.91. The highest BCUT2D eigenvalue weighted by Gasteiger charge is 2.28. The molecule has 1 aliphatic rings. The van der Waals surface area contributed by atoms with E-state index in [1.165, 1.54) is 12.3 Å². The van der Waals surface area contributed by atoms with Gasteiger partial charge in [0.25, 0.3) is 5.69 Å². The van der Waals surface area contributed by atoms with Crippen molar-refractivity contribution in [2.24, 2.45) is 0 Å². The van der Waals surface area contributed by atoms with E-state index < -0.39 is 11.0 Å². The van der Waals surface area contributed by atoms with Crippen molar-refractivity contribution in [2.75, 3.05) is 6.61 Å². The molecule has 1 fully saturated rings. The van der Waals surface area contributed by atoms with E-state index in [0.29, 0.717) is 29.5 Å². The van der Waals surface area contributed by atoms with Gasteiger partial charge < -0.3 is 9.72 Å². The van der Waals surface area contributed by atoms with E-state index in [1.54, 1.807) is 12.1 Å². The average molecular weight is 274 g/mol. The Balaban J connectivity index is 2.07. The molecule has 0 saturated carbocycles. The fourth-order valence-electron chi connectivity index (χ4n) is 2.63. The maximum Gasteiger partial charge on any atom is 0.279 e. The number of hydrogen-bond acceptors (Lipinski definition) is 4. The van der Waals surface area contributed by atoms with Crippen LogP contribution in [0.25, 0.3) is 10.9 Å². The van der Waals surface area contributed by atoms with Crippen LogP contribution in [-0.4, -0.2) is 28.4 Å². The third-order valence-electron chi connectivity index (χ3n) is 3.62. The molecule has 104 valence electrons. The number of non-ortho nitro benzene ring substituents is 1. The van der Waals surface area contributed by atoms with E-state index in [0.717, 1.165) is 12.8 Å². The molecule has 1 aromatic carbocycles. The summed E-state index contributed by atoms with van der Waals surface area (Å²) < 4.78 is 5.48. The van der Waals surface area contributed by atoms with Crippen LogP contribution in [-0.2, 0) is 4.74 Å². The summed E-state index contributed by atoms with van der Waals surface area (Å²) in [4.78, 5) is 26.1. The number of nitro benzene ring substituents is 1. The molecule has 0 spiro atoms. The van der Waals surface area contributed by atoms with Gasteiger partial charge in [0.05, 0.1) is 21.4 Å². The number of H-pyrrole nitrogens is 1. The SMILES string of the molecule is O=C(c1c[nH]c2cccc([N+](=O)[O-])c12)C1CCCCO1. The quantitative estimate of drug-likeness (QED) is 0.529. The van der Waals surface area contributed by atoms with Crippen molar-refractivity contribution in [3.05, 3.63) is 40.1 Å². The lowest BCUT2D eigenvalue weighted by Gasteiger charge is -2.20. The predicted octanol–water partition coefficient (Wildman–Crippen LogP) is 2.83. The number of nitrogens with zero attached hydrogens (tertiary/aromatic N) is 1. The Morgan fingerprint density at radius 3 is 2.95 bits per heavy atom. The van der Waals surface area contributed by atoms with Crippen molar-refractivity contribution in [2.45, 2.75) is 25.4 Å². The Bertz CT molecular complexity index is 671. The van der Waals surface area contributed by atoms with Crippen LogP contribution >= 0.6 is 0 Å². The molecule has 20 heavy (non-hydrogen) atoms. The maximum atomic E-state index is 12.5. The number of aromatic amines is 1. The Kier molecular flexibility index (Phi) is 3.23. The molecule has 6 heteroatoms. The number of ketones is 1. The Morgan fingerprint density at radius 2 is 2.25 bits per heavy atom. The van der Waals surface area contributed by atoms with Crippen LogP contribution in [0.3, 0.4) is 0 Å². The Labute approximate surface area is 114 Å². The van der Waals surface area contributed by atoms with E-state index in [4.69, 9.17) is 4.74 Å². The molecule has 1 N–H and O–H groups in total. The van der Waals surface area contributed by atoms with E-state index in [9.17, 15) is 14.9 Å². The standard InChI is InChI=1S/C14H14N2O4/c17-14(12-6-1-2-7-20-12)9-8-15-10-4-3-5-11(13(9)10)16(18)19/h3-5,8,12,15H,1-2,6-7H2. The first-order valence-corrected chi connectivity index (χ1v) is 6.59. The molecule has 1 aliphatic heterocycles. The van der Waals surface area contributed by atoms with Crippen LogP contribution in [0.2, 0.25) is 0 Å². The predicted molar refractivity (Wildman–Crippen MR) is 72.9 cm³/mol.